The zero-order chi connectivity index (χ0) is 16.9. The highest BCUT2D eigenvalue weighted by Gasteiger charge is 2.10. The summed E-state index contributed by atoms with van der Waals surface area (Å²) in [6, 6.07) is 18.5. The van der Waals surface area contributed by atoms with E-state index >= 15 is 0 Å². The van der Waals surface area contributed by atoms with E-state index in [1.54, 1.807) is 24.3 Å². The number of aromatic nitrogens is 2. The van der Waals surface area contributed by atoms with Gasteiger partial charge in [-0.25, -0.2) is 0 Å². The van der Waals surface area contributed by atoms with Gasteiger partial charge in [-0.2, -0.15) is 5.10 Å². The van der Waals surface area contributed by atoms with Gasteiger partial charge in [0, 0.05) is 15.1 Å². The first-order valence-electron chi connectivity index (χ1n) is 6.96. The Balaban J connectivity index is 1.97. The van der Waals surface area contributed by atoms with Crippen LogP contribution in [0, 0.1) is 0 Å². The lowest BCUT2D eigenvalue weighted by atomic mass is 10.1. The summed E-state index contributed by atoms with van der Waals surface area (Å²) < 4.78 is 0.999. The molecule has 0 aliphatic rings. The molecule has 0 radical (unpaired) electrons. The van der Waals surface area contributed by atoms with Crippen LogP contribution in [0.2, 0.25) is 10.2 Å². The molecule has 2 aromatic carbocycles. The SMILES string of the molecule is Clc1ccc(/C(=N/Nc2ccc(Br)cc2)c2ccc(Cl)nn2)cc1. The van der Waals surface area contributed by atoms with Crippen molar-refractivity contribution in [2.75, 3.05) is 5.43 Å². The number of rotatable bonds is 4. The summed E-state index contributed by atoms with van der Waals surface area (Å²) >= 11 is 15.2. The van der Waals surface area contributed by atoms with E-state index in [1.165, 1.54) is 0 Å². The van der Waals surface area contributed by atoms with Crippen molar-refractivity contribution in [3.05, 3.63) is 86.6 Å². The second kappa shape index (κ2) is 7.75. The van der Waals surface area contributed by atoms with Crippen molar-refractivity contribution in [3.8, 4) is 0 Å². The zero-order valence-corrected chi connectivity index (χ0v) is 15.3. The van der Waals surface area contributed by atoms with Crippen molar-refractivity contribution >= 4 is 50.5 Å². The molecule has 7 heteroatoms. The van der Waals surface area contributed by atoms with E-state index in [4.69, 9.17) is 23.2 Å². The third kappa shape index (κ3) is 4.32. The average Bonchev–Trinajstić information content (AvgIpc) is 2.59. The fourth-order valence-electron chi connectivity index (χ4n) is 1.96. The molecule has 1 aromatic heterocycles. The van der Waals surface area contributed by atoms with Crippen LogP contribution in [0.1, 0.15) is 11.3 Å². The molecule has 0 aliphatic heterocycles. The van der Waals surface area contributed by atoms with Gasteiger partial charge in [-0.3, -0.25) is 5.43 Å². The molecule has 0 fully saturated rings. The Kier molecular flexibility index (Phi) is 5.45. The number of nitrogens with zero attached hydrogens (tertiary/aromatic N) is 3. The molecule has 0 atom stereocenters. The Labute approximate surface area is 157 Å². The molecular weight excluding hydrogens is 411 g/mol. The third-order valence-corrected chi connectivity index (χ3v) is 4.12. The Bertz CT molecular complexity index is 800. The van der Waals surface area contributed by atoms with Crippen LogP contribution < -0.4 is 5.43 Å². The minimum Gasteiger partial charge on any atom is -0.278 e. The van der Waals surface area contributed by atoms with Crippen LogP contribution in [-0.2, 0) is 0 Å². The van der Waals surface area contributed by atoms with E-state index < -0.39 is 0 Å². The van der Waals surface area contributed by atoms with Crippen LogP contribution in [0.3, 0.4) is 0 Å². The predicted octanol–water partition coefficient (Wildman–Crippen LogP) is 5.41. The highest BCUT2D eigenvalue weighted by molar-refractivity contribution is 9.10. The van der Waals surface area contributed by atoms with Gasteiger partial charge in [0.2, 0.25) is 0 Å². The van der Waals surface area contributed by atoms with Gasteiger partial charge < -0.3 is 0 Å². The van der Waals surface area contributed by atoms with Gasteiger partial charge >= 0.3 is 0 Å². The lowest BCUT2D eigenvalue weighted by Gasteiger charge is -2.08. The van der Waals surface area contributed by atoms with E-state index in [0.717, 1.165) is 15.7 Å². The van der Waals surface area contributed by atoms with E-state index in [1.807, 2.05) is 36.4 Å². The first-order valence-corrected chi connectivity index (χ1v) is 8.51. The maximum atomic E-state index is 5.97. The number of hydrogen-bond acceptors (Lipinski definition) is 4. The van der Waals surface area contributed by atoms with Crippen molar-refractivity contribution in [3.63, 3.8) is 0 Å². The number of hydrazone groups is 1. The lowest BCUT2D eigenvalue weighted by molar-refractivity contribution is 1.01. The molecule has 24 heavy (non-hydrogen) atoms. The van der Waals surface area contributed by atoms with Gasteiger partial charge in [0.05, 0.1) is 5.69 Å². The van der Waals surface area contributed by atoms with Crippen LogP contribution in [-0.4, -0.2) is 15.9 Å². The van der Waals surface area contributed by atoms with Gasteiger partial charge in [0.15, 0.2) is 5.15 Å². The molecule has 0 aliphatic carbocycles. The molecule has 0 saturated carbocycles. The third-order valence-electron chi connectivity index (χ3n) is 3.13. The van der Waals surface area contributed by atoms with Gasteiger partial charge in [0.1, 0.15) is 11.4 Å². The van der Waals surface area contributed by atoms with Crippen LogP contribution in [0.5, 0.6) is 0 Å². The van der Waals surface area contributed by atoms with Crippen molar-refractivity contribution in [2.45, 2.75) is 0 Å². The number of hydrogen-bond donors (Lipinski definition) is 1. The summed E-state index contributed by atoms with van der Waals surface area (Å²) in [5.41, 5.74) is 5.99. The molecule has 1 N–H and O–H groups in total. The van der Waals surface area contributed by atoms with Crippen molar-refractivity contribution < 1.29 is 0 Å². The van der Waals surface area contributed by atoms with Gasteiger partial charge in [0.25, 0.3) is 0 Å². The molecule has 0 spiro atoms. The molecule has 3 aromatic rings. The number of nitrogens with one attached hydrogen (secondary N) is 1. The van der Waals surface area contributed by atoms with E-state index in [0.29, 0.717) is 21.6 Å². The Morgan fingerprint density at radius 2 is 1.58 bits per heavy atom. The Morgan fingerprint density at radius 3 is 2.21 bits per heavy atom. The molecule has 0 saturated heterocycles. The number of benzene rings is 2. The van der Waals surface area contributed by atoms with Crippen LogP contribution in [0.4, 0.5) is 5.69 Å². The van der Waals surface area contributed by atoms with Gasteiger partial charge in [-0.15, -0.1) is 10.2 Å². The average molecular weight is 422 g/mol. The van der Waals surface area contributed by atoms with Crippen LogP contribution >= 0.6 is 39.1 Å². The smallest absolute Gasteiger partial charge is 0.151 e. The summed E-state index contributed by atoms with van der Waals surface area (Å²) in [4.78, 5) is 0. The molecule has 120 valence electrons. The van der Waals surface area contributed by atoms with Crippen molar-refractivity contribution in [1.82, 2.24) is 10.2 Å². The summed E-state index contributed by atoms with van der Waals surface area (Å²) in [5.74, 6) is 0. The minimum atomic E-state index is 0.329. The quantitative estimate of drug-likeness (QED) is 0.452. The minimum absolute atomic E-state index is 0.329. The summed E-state index contributed by atoms with van der Waals surface area (Å²) in [5, 5.41) is 13.5. The zero-order valence-electron chi connectivity index (χ0n) is 12.2. The van der Waals surface area contributed by atoms with Gasteiger partial charge in [-0.05, 0) is 48.5 Å². The van der Waals surface area contributed by atoms with Crippen molar-refractivity contribution in [2.24, 2.45) is 5.10 Å². The highest BCUT2D eigenvalue weighted by Crippen LogP contribution is 2.17. The molecule has 0 amide bonds. The number of anilines is 1. The van der Waals surface area contributed by atoms with E-state index in [-0.39, 0.29) is 0 Å². The first kappa shape index (κ1) is 16.9. The molecule has 3 rings (SSSR count). The summed E-state index contributed by atoms with van der Waals surface area (Å²) in [6.45, 7) is 0. The topological polar surface area (TPSA) is 50.2 Å². The fraction of sp³-hybridized carbons (Fsp3) is 0. The highest BCUT2D eigenvalue weighted by atomic mass is 79.9. The monoisotopic (exact) mass is 420 g/mol. The lowest BCUT2D eigenvalue weighted by Crippen LogP contribution is -2.09. The molecule has 0 bridgehead atoms. The molecule has 0 unspecified atom stereocenters. The van der Waals surface area contributed by atoms with E-state index in [9.17, 15) is 0 Å². The molecule has 1 heterocycles. The van der Waals surface area contributed by atoms with Crippen LogP contribution in [0.25, 0.3) is 0 Å². The fourth-order valence-corrected chi connectivity index (χ4v) is 2.46. The van der Waals surface area contributed by atoms with Gasteiger partial charge in [-0.1, -0.05) is 51.3 Å². The number of halogens is 3. The van der Waals surface area contributed by atoms with Crippen molar-refractivity contribution in [1.29, 1.82) is 0 Å². The largest absolute Gasteiger partial charge is 0.278 e. The maximum absolute atomic E-state index is 5.97. The second-order valence-electron chi connectivity index (χ2n) is 4.83. The normalized spacial score (nSPS) is 11.4. The Hall–Kier alpha value is -1.95. The van der Waals surface area contributed by atoms with Crippen LogP contribution in [0.15, 0.2) is 70.2 Å². The summed E-state index contributed by atoms with van der Waals surface area (Å²) in [7, 11) is 0. The van der Waals surface area contributed by atoms with E-state index in [2.05, 4.69) is 36.7 Å². The molecular formula is C17H11BrCl2N4. The predicted molar refractivity (Wildman–Crippen MR) is 102 cm³/mol. The molecule has 4 nitrogen and oxygen atoms in total. The second-order valence-corrected chi connectivity index (χ2v) is 6.57. The first-order chi connectivity index (χ1) is 11.6. The summed E-state index contributed by atoms with van der Waals surface area (Å²) in [6.07, 6.45) is 0. The Morgan fingerprint density at radius 1 is 0.875 bits per heavy atom. The standard InChI is InChI=1S/C17H11BrCl2N4/c18-12-3-7-14(8-4-12)21-24-17(11-1-5-13(19)6-2-11)15-9-10-16(20)23-22-15/h1-10,21H/b24-17-. The maximum Gasteiger partial charge on any atom is 0.151 e.